The van der Waals surface area contributed by atoms with Gasteiger partial charge in [-0.15, -0.1) is 0 Å². The Morgan fingerprint density at radius 1 is 0.800 bits per heavy atom. The van der Waals surface area contributed by atoms with E-state index in [1.165, 1.54) is 44.9 Å². The third-order valence-electron chi connectivity index (χ3n) is 3.95. The predicted octanol–water partition coefficient (Wildman–Crippen LogP) is 5.46. The number of allylic oxidation sites excluding steroid dienone is 6. The molecule has 0 aromatic rings. The Kier molecular flexibility index (Phi) is 19.6. The lowest BCUT2D eigenvalue weighted by molar-refractivity contribution is -0.121. The van der Waals surface area contributed by atoms with Gasteiger partial charge >= 0.3 is 0 Å². The summed E-state index contributed by atoms with van der Waals surface area (Å²) in [6, 6.07) is 0. The summed E-state index contributed by atoms with van der Waals surface area (Å²) < 4.78 is 0. The average molecular weight is 350 g/mol. The molecule has 3 heteroatoms. The maximum absolute atomic E-state index is 11.3. The lowest BCUT2D eigenvalue weighted by atomic mass is 10.1. The van der Waals surface area contributed by atoms with Crippen LogP contribution in [0.2, 0.25) is 0 Å². The largest absolute Gasteiger partial charge is 0.395 e. The quantitative estimate of drug-likeness (QED) is 0.270. The molecule has 0 spiro atoms. The van der Waals surface area contributed by atoms with Crippen LogP contribution in [0.3, 0.4) is 0 Å². The molecule has 3 nitrogen and oxygen atoms in total. The minimum absolute atomic E-state index is 0.0105. The molecule has 0 aliphatic heterocycles. The molecule has 0 bridgehead atoms. The number of aliphatic hydroxyl groups excluding tert-OH is 1. The van der Waals surface area contributed by atoms with Gasteiger partial charge in [-0.05, 0) is 57.8 Å². The fourth-order valence-corrected chi connectivity index (χ4v) is 2.44. The van der Waals surface area contributed by atoms with Crippen molar-refractivity contribution in [1.82, 2.24) is 5.32 Å². The van der Waals surface area contributed by atoms with Gasteiger partial charge in [0.15, 0.2) is 0 Å². The van der Waals surface area contributed by atoms with Gasteiger partial charge in [0.05, 0.1) is 6.61 Å². The van der Waals surface area contributed by atoms with E-state index in [1.807, 2.05) is 0 Å². The molecule has 0 atom stereocenters. The van der Waals surface area contributed by atoms with E-state index >= 15 is 0 Å². The fraction of sp³-hybridized carbons (Fsp3) is 0.682. The molecule has 0 saturated carbocycles. The summed E-state index contributed by atoms with van der Waals surface area (Å²) in [5.74, 6) is 0.0324. The van der Waals surface area contributed by atoms with Crippen LogP contribution in [-0.4, -0.2) is 24.2 Å². The van der Waals surface area contributed by atoms with Crippen LogP contribution in [0.4, 0.5) is 0 Å². The molecule has 144 valence electrons. The van der Waals surface area contributed by atoms with Gasteiger partial charge < -0.3 is 10.4 Å². The van der Waals surface area contributed by atoms with Gasteiger partial charge in [0.1, 0.15) is 0 Å². The zero-order chi connectivity index (χ0) is 18.4. The van der Waals surface area contributed by atoms with Crippen molar-refractivity contribution in [3.05, 3.63) is 36.5 Å². The minimum atomic E-state index is 0.0105. The molecule has 0 unspecified atom stereocenters. The molecule has 0 radical (unpaired) electrons. The third-order valence-corrected chi connectivity index (χ3v) is 3.95. The number of hydrogen-bond donors (Lipinski definition) is 2. The molecule has 0 aromatic heterocycles. The summed E-state index contributed by atoms with van der Waals surface area (Å²) in [6.07, 6.45) is 27.0. The fourth-order valence-electron chi connectivity index (χ4n) is 2.44. The Labute approximate surface area is 155 Å². The van der Waals surface area contributed by atoms with Crippen molar-refractivity contribution in [1.29, 1.82) is 0 Å². The predicted molar refractivity (Wildman–Crippen MR) is 109 cm³/mol. The summed E-state index contributed by atoms with van der Waals surface area (Å²) in [5.41, 5.74) is 0. The van der Waals surface area contributed by atoms with Crippen LogP contribution < -0.4 is 5.32 Å². The van der Waals surface area contributed by atoms with Crippen molar-refractivity contribution >= 4 is 5.91 Å². The van der Waals surface area contributed by atoms with E-state index in [9.17, 15) is 4.79 Å². The molecule has 25 heavy (non-hydrogen) atoms. The number of aliphatic hydroxyl groups is 1. The molecule has 0 heterocycles. The first-order chi connectivity index (χ1) is 12.3. The third kappa shape index (κ3) is 20.6. The zero-order valence-electron chi connectivity index (χ0n) is 16.2. The Morgan fingerprint density at radius 2 is 1.32 bits per heavy atom. The molecule has 1 amide bonds. The molecule has 2 N–H and O–H groups in total. The number of unbranched alkanes of at least 4 members (excludes halogenated alkanes) is 7. The highest BCUT2D eigenvalue weighted by atomic mass is 16.3. The van der Waals surface area contributed by atoms with E-state index in [0.29, 0.717) is 13.0 Å². The first kappa shape index (κ1) is 23.6. The monoisotopic (exact) mass is 349 g/mol. The number of carbonyl (C=O) groups is 1. The molecule has 0 aliphatic rings. The van der Waals surface area contributed by atoms with E-state index < -0.39 is 0 Å². The Morgan fingerprint density at radius 3 is 1.88 bits per heavy atom. The maximum Gasteiger partial charge on any atom is 0.220 e. The molecule has 0 rings (SSSR count). The lowest BCUT2D eigenvalue weighted by Gasteiger charge is -2.01. The van der Waals surface area contributed by atoms with Gasteiger partial charge in [-0.1, -0.05) is 56.2 Å². The standard InChI is InChI=1S/C22H39NO2/c1-2-3-4-5-6-7-8-9-10-11-12-13-14-15-16-17-18-19-22(25)23-20-21-24/h6-7,9-10,15-16,24H,2-5,8,11-14,17-21H2,1H3,(H,23,25)/b7-6-,10-9-,16-15-. The first-order valence-electron chi connectivity index (χ1n) is 10.1. The number of carbonyl (C=O) groups excluding carboxylic acids is 1. The topological polar surface area (TPSA) is 49.3 Å². The van der Waals surface area contributed by atoms with Gasteiger partial charge in [-0.3, -0.25) is 4.79 Å². The second kappa shape index (κ2) is 20.7. The van der Waals surface area contributed by atoms with Crippen LogP contribution >= 0.6 is 0 Å². The van der Waals surface area contributed by atoms with Crippen molar-refractivity contribution in [2.75, 3.05) is 13.2 Å². The number of amides is 1. The van der Waals surface area contributed by atoms with Crippen molar-refractivity contribution in [2.45, 2.75) is 84.0 Å². The van der Waals surface area contributed by atoms with Crippen molar-refractivity contribution < 1.29 is 9.90 Å². The Hall–Kier alpha value is -1.35. The summed E-state index contributed by atoms with van der Waals surface area (Å²) in [7, 11) is 0. The number of rotatable bonds is 17. The highest BCUT2D eigenvalue weighted by molar-refractivity contribution is 5.75. The molecular weight excluding hydrogens is 310 g/mol. The number of hydrogen-bond acceptors (Lipinski definition) is 2. The Bertz CT molecular complexity index is 372. The average Bonchev–Trinajstić information content (AvgIpc) is 2.62. The lowest BCUT2D eigenvalue weighted by Crippen LogP contribution is -2.25. The van der Waals surface area contributed by atoms with Crippen molar-refractivity contribution in [3.8, 4) is 0 Å². The van der Waals surface area contributed by atoms with Crippen LogP contribution in [0.1, 0.15) is 84.0 Å². The van der Waals surface area contributed by atoms with Crippen LogP contribution in [-0.2, 0) is 4.79 Å². The number of nitrogens with one attached hydrogen (secondary N) is 1. The van der Waals surface area contributed by atoms with Crippen LogP contribution in [0.5, 0.6) is 0 Å². The summed E-state index contributed by atoms with van der Waals surface area (Å²) in [6.45, 7) is 2.61. The van der Waals surface area contributed by atoms with Crippen LogP contribution in [0.15, 0.2) is 36.5 Å². The molecule has 0 aliphatic carbocycles. The van der Waals surface area contributed by atoms with E-state index in [2.05, 4.69) is 48.7 Å². The molecule has 0 fully saturated rings. The van der Waals surface area contributed by atoms with E-state index in [-0.39, 0.29) is 12.5 Å². The van der Waals surface area contributed by atoms with Gasteiger partial charge in [0.2, 0.25) is 5.91 Å². The molecular formula is C22H39NO2. The molecule has 0 saturated heterocycles. The van der Waals surface area contributed by atoms with E-state index in [0.717, 1.165) is 25.7 Å². The van der Waals surface area contributed by atoms with Gasteiger partial charge in [-0.2, -0.15) is 0 Å². The summed E-state index contributed by atoms with van der Waals surface area (Å²) >= 11 is 0. The van der Waals surface area contributed by atoms with Gasteiger partial charge in [0.25, 0.3) is 0 Å². The second-order valence-electron chi connectivity index (χ2n) is 6.40. The normalized spacial score (nSPS) is 11.9. The van der Waals surface area contributed by atoms with E-state index in [1.54, 1.807) is 0 Å². The molecule has 0 aromatic carbocycles. The van der Waals surface area contributed by atoms with Crippen LogP contribution in [0.25, 0.3) is 0 Å². The van der Waals surface area contributed by atoms with Crippen molar-refractivity contribution in [3.63, 3.8) is 0 Å². The smallest absolute Gasteiger partial charge is 0.220 e. The SMILES string of the molecule is CCCCC/C=C\C/C=C\CCCC/C=C\CCCC(=O)NCCO. The second-order valence-corrected chi connectivity index (χ2v) is 6.40. The van der Waals surface area contributed by atoms with Gasteiger partial charge in [-0.25, -0.2) is 0 Å². The van der Waals surface area contributed by atoms with Gasteiger partial charge in [0, 0.05) is 13.0 Å². The zero-order valence-corrected chi connectivity index (χ0v) is 16.2. The summed E-state index contributed by atoms with van der Waals surface area (Å²) in [4.78, 5) is 11.3. The van der Waals surface area contributed by atoms with Crippen LogP contribution in [0, 0.1) is 0 Å². The maximum atomic E-state index is 11.3. The minimum Gasteiger partial charge on any atom is -0.395 e. The Balaban J connectivity index is 3.31. The van der Waals surface area contributed by atoms with Crippen molar-refractivity contribution in [2.24, 2.45) is 0 Å². The highest BCUT2D eigenvalue weighted by Crippen LogP contribution is 2.05. The summed E-state index contributed by atoms with van der Waals surface area (Å²) in [5, 5.41) is 11.3. The first-order valence-corrected chi connectivity index (χ1v) is 10.1. The van der Waals surface area contributed by atoms with E-state index in [4.69, 9.17) is 5.11 Å². The highest BCUT2D eigenvalue weighted by Gasteiger charge is 1.97.